The first-order valence-corrected chi connectivity index (χ1v) is 10.2. The number of rotatable bonds is 5. The van der Waals surface area contributed by atoms with E-state index < -0.39 is 78.8 Å². The summed E-state index contributed by atoms with van der Waals surface area (Å²) in [4.78, 5) is 10.6. The predicted octanol–water partition coefficient (Wildman–Crippen LogP) is 6.55. The molecule has 0 amide bonds. The van der Waals surface area contributed by atoms with Gasteiger partial charge in [0.2, 0.25) is 0 Å². The Kier molecular flexibility index (Phi) is 14.4. The monoisotopic (exact) mass is 660 g/mol. The summed E-state index contributed by atoms with van der Waals surface area (Å²) in [5.74, 6) is -4.75. The van der Waals surface area contributed by atoms with E-state index in [1.165, 1.54) is 6.92 Å². The fourth-order valence-corrected chi connectivity index (χ4v) is 2.07. The molecule has 0 unspecified atom stereocenters. The Morgan fingerprint density at radius 2 is 0.878 bits per heavy atom. The van der Waals surface area contributed by atoms with Gasteiger partial charge < -0.3 is 20.1 Å². The van der Waals surface area contributed by atoms with Gasteiger partial charge in [-0.3, -0.25) is 0 Å². The highest BCUT2D eigenvalue weighted by Crippen LogP contribution is 2.48. The Morgan fingerprint density at radius 1 is 0.585 bits per heavy atom. The van der Waals surface area contributed by atoms with E-state index in [2.05, 4.69) is 4.74 Å². The molecule has 0 aliphatic heterocycles. The number of carbonyl (C=O) groups is 1. The first kappa shape index (κ1) is 43.5. The van der Waals surface area contributed by atoms with Crippen LogP contribution in [0.5, 0.6) is 0 Å². The van der Waals surface area contributed by atoms with Crippen LogP contribution in [0.4, 0.5) is 79.0 Å². The van der Waals surface area contributed by atoms with Gasteiger partial charge in [0.15, 0.2) is 0 Å². The lowest BCUT2D eigenvalue weighted by Gasteiger charge is -2.35. The lowest BCUT2D eigenvalue weighted by atomic mass is 9.89. The summed E-state index contributed by atoms with van der Waals surface area (Å²) in [5, 5.41) is 25.2. The quantitative estimate of drug-likeness (QED) is 0.230. The van der Waals surface area contributed by atoms with Crippen LogP contribution in [0.2, 0.25) is 0 Å². The van der Waals surface area contributed by atoms with Crippen LogP contribution >= 0.6 is 0 Å². The Hall–Kier alpha value is -1.91. The molecule has 0 atom stereocenters. The summed E-state index contributed by atoms with van der Waals surface area (Å²) in [6.07, 6.45) is -36.6. The third-order valence-electron chi connectivity index (χ3n) is 4.70. The second kappa shape index (κ2) is 13.6. The number of esters is 1. The summed E-state index contributed by atoms with van der Waals surface area (Å²) in [6.45, 7) is 2.64. The van der Waals surface area contributed by atoms with Crippen LogP contribution in [0, 0.1) is 5.92 Å². The SMILES string of the molecule is CC(C)C(O)(C(F)(F)F)C(F)(F)F.CCC(O)(C(F)(F)F)C(F)(F)F.CCCOC(=O)C(O)(C(F)(F)F)C(F)(F)F. The smallest absolute Gasteiger partial charge is 0.437 e. The van der Waals surface area contributed by atoms with Crippen LogP contribution in [0.25, 0.3) is 0 Å². The molecule has 3 N–H and O–H groups in total. The molecular weight excluding hydrogens is 638 g/mol. The van der Waals surface area contributed by atoms with Crippen molar-refractivity contribution in [2.24, 2.45) is 5.92 Å². The number of halogens is 18. The Balaban J connectivity index is -0.000000535. The summed E-state index contributed by atoms with van der Waals surface area (Å²) in [6, 6.07) is 0. The number of ether oxygens (including phenoxy) is 1. The van der Waals surface area contributed by atoms with Crippen LogP contribution < -0.4 is 0 Å². The van der Waals surface area contributed by atoms with Crippen LogP contribution in [0.15, 0.2) is 0 Å². The number of hydrogen-bond acceptors (Lipinski definition) is 5. The van der Waals surface area contributed by atoms with Gasteiger partial charge in [-0.05, 0) is 12.8 Å². The molecule has 0 aromatic heterocycles. The molecule has 5 nitrogen and oxygen atoms in total. The fraction of sp³-hybridized carbons (Fsp3) is 0.944. The van der Waals surface area contributed by atoms with Crippen molar-refractivity contribution in [1.82, 2.24) is 0 Å². The lowest BCUT2D eigenvalue weighted by molar-refractivity contribution is -0.381. The average Bonchev–Trinajstić information content (AvgIpc) is 2.71. The van der Waals surface area contributed by atoms with Crippen LogP contribution in [0.1, 0.15) is 40.5 Å². The van der Waals surface area contributed by atoms with Gasteiger partial charge >= 0.3 is 48.6 Å². The van der Waals surface area contributed by atoms with E-state index in [9.17, 15) is 83.8 Å². The molecule has 0 rings (SSSR count). The van der Waals surface area contributed by atoms with Crippen molar-refractivity contribution in [1.29, 1.82) is 0 Å². The van der Waals surface area contributed by atoms with Gasteiger partial charge in [0.25, 0.3) is 11.2 Å². The molecule has 0 aliphatic rings. The summed E-state index contributed by atoms with van der Waals surface area (Å²) in [5.41, 5.74) is -14.7. The van der Waals surface area contributed by atoms with E-state index in [1.807, 2.05) is 0 Å². The third-order valence-corrected chi connectivity index (χ3v) is 4.70. The Labute approximate surface area is 218 Å². The average molecular weight is 660 g/mol. The standard InChI is InChI=1S/C7H8F6O3.C6H8F6O.C5H6F6O/c1-2-3-16-4(14)5(15,6(8,9)10)7(11,12)13;1-3(2)4(13,5(7,8)9)6(10,11)12;1-2-3(12,4(6,7)8)5(9,10)11/h15H,2-3H2,1H3;3,13H,1-2H3;12H,2H2,1H3. The molecule has 0 fully saturated rings. The highest BCUT2D eigenvalue weighted by atomic mass is 19.4. The van der Waals surface area contributed by atoms with Crippen molar-refractivity contribution in [2.45, 2.75) is 94.4 Å². The van der Waals surface area contributed by atoms with Crippen molar-refractivity contribution < 1.29 is 104 Å². The molecule has 0 aromatic carbocycles. The molecular formula is C18H22F18O5. The lowest BCUT2D eigenvalue weighted by Crippen LogP contribution is -2.63. The fourth-order valence-electron chi connectivity index (χ4n) is 2.07. The van der Waals surface area contributed by atoms with E-state index >= 15 is 0 Å². The third kappa shape index (κ3) is 9.82. The van der Waals surface area contributed by atoms with Crippen molar-refractivity contribution in [2.75, 3.05) is 6.61 Å². The number of hydrogen-bond donors (Lipinski definition) is 3. The summed E-state index contributed by atoms with van der Waals surface area (Å²) in [7, 11) is 0. The zero-order chi connectivity index (χ0) is 34.5. The molecule has 23 heteroatoms. The van der Waals surface area contributed by atoms with Crippen LogP contribution in [0.3, 0.4) is 0 Å². The molecule has 250 valence electrons. The van der Waals surface area contributed by atoms with Gasteiger partial charge in [0, 0.05) is 5.92 Å². The van der Waals surface area contributed by atoms with Crippen molar-refractivity contribution in [3.63, 3.8) is 0 Å². The number of aliphatic hydroxyl groups is 3. The number of alkyl halides is 18. The van der Waals surface area contributed by atoms with Gasteiger partial charge in [-0.15, -0.1) is 0 Å². The van der Waals surface area contributed by atoms with Gasteiger partial charge in [-0.2, -0.15) is 79.0 Å². The first-order valence-electron chi connectivity index (χ1n) is 10.2. The minimum absolute atomic E-state index is 0.0253. The molecule has 0 radical (unpaired) electrons. The molecule has 0 bridgehead atoms. The molecule has 41 heavy (non-hydrogen) atoms. The minimum Gasteiger partial charge on any atom is -0.463 e. The van der Waals surface area contributed by atoms with Crippen LogP contribution in [-0.2, 0) is 9.53 Å². The van der Waals surface area contributed by atoms with Gasteiger partial charge in [0.05, 0.1) is 6.61 Å². The molecule has 0 aromatic rings. The Morgan fingerprint density at radius 3 is 0.976 bits per heavy atom. The zero-order valence-electron chi connectivity index (χ0n) is 20.7. The topological polar surface area (TPSA) is 87.0 Å². The van der Waals surface area contributed by atoms with E-state index in [1.54, 1.807) is 0 Å². The van der Waals surface area contributed by atoms with E-state index in [0.29, 0.717) is 20.8 Å². The van der Waals surface area contributed by atoms with Crippen molar-refractivity contribution in [3.8, 4) is 0 Å². The van der Waals surface area contributed by atoms with E-state index in [-0.39, 0.29) is 6.42 Å². The predicted molar refractivity (Wildman–Crippen MR) is 97.6 cm³/mol. The van der Waals surface area contributed by atoms with Gasteiger partial charge in [-0.1, -0.05) is 27.7 Å². The van der Waals surface area contributed by atoms with E-state index in [0.717, 1.165) is 0 Å². The van der Waals surface area contributed by atoms with Gasteiger partial charge in [-0.25, -0.2) is 4.79 Å². The first-order chi connectivity index (χ1) is 17.5. The maximum Gasteiger partial charge on any atom is 0.437 e. The van der Waals surface area contributed by atoms with Crippen molar-refractivity contribution in [3.05, 3.63) is 0 Å². The molecule has 0 heterocycles. The minimum atomic E-state index is -6.18. The molecule has 0 spiro atoms. The maximum atomic E-state index is 12.0. The largest absolute Gasteiger partial charge is 0.463 e. The second-order valence-corrected chi connectivity index (χ2v) is 7.97. The molecule has 0 saturated carbocycles. The van der Waals surface area contributed by atoms with Crippen LogP contribution in [-0.4, -0.2) is 81.8 Å². The molecule has 0 aliphatic carbocycles. The second-order valence-electron chi connectivity index (χ2n) is 7.97. The number of carbonyl (C=O) groups excluding carboxylic acids is 1. The summed E-state index contributed by atoms with van der Waals surface area (Å²) < 4.78 is 217. The highest BCUT2D eigenvalue weighted by Gasteiger charge is 2.77. The van der Waals surface area contributed by atoms with E-state index in [4.69, 9.17) is 15.3 Å². The van der Waals surface area contributed by atoms with Gasteiger partial charge in [0.1, 0.15) is 0 Å². The maximum absolute atomic E-state index is 12.0. The molecule has 0 saturated heterocycles. The Bertz CT molecular complexity index is 760. The normalized spacial score (nSPS) is 14.6. The highest BCUT2D eigenvalue weighted by molar-refractivity contribution is 5.81. The summed E-state index contributed by atoms with van der Waals surface area (Å²) >= 11 is 0. The van der Waals surface area contributed by atoms with Crippen molar-refractivity contribution >= 4 is 5.97 Å². The zero-order valence-corrected chi connectivity index (χ0v) is 20.7.